The number of benzene rings is 2. The van der Waals surface area contributed by atoms with Crippen molar-refractivity contribution in [1.29, 1.82) is 0 Å². The van der Waals surface area contributed by atoms with Crippen LogP contribution >= 0.6 is 0 Å². The summed E-state index contributed by atoms with van der Waals surface area (Å²) in [5.74, 6) is 0.524. The first-order chi connectivity index (χ1) is 9.25. The lowest BCUT2D eigenvalue weighted by Crippen LogP contribution is -2.29. The predicted octanol–water partition coefficient (Wildman–Crippen LogP) is 3.59. The van der Waals surface area contributed by atoms with Crippen LogP contribution in [0.3, 0.4) is 0 Å². The number of hydrogen-bond donors (Lipinski definition) is 1. The van der Waals surface area contributed by atoms with Gasteiger partial charge in [0.05, 0.1) is 0 Å². The lowest BCUT2D eigenvalue weighted by Gasteiger charge is -2.21. The zero-order valence-electron chi connectivity index (χ0n) is 11.5. The Morgan fingerprint density at radius 1 is 1.11 bits per heavy atom. The van der Waals surface area contributed by atoms with Gasteiger partial charge in [0.1, 0.15) is 0 Å². The number of rotatable bonds is 3. The second-order valence-corrected chi connectivity index (χ2v) is 5.64. The molecule has 2 atom stereocenters. The molecule has 1 aliphatic rings. The third kappa shape index (κ3) is 2.43. The van der Waals surface area contributed by atoms with E-state index in [4.69, 9.17) is 5.73 Å². The van der Waals surface area contributed by atoms with Gasteiger partial charge in [-0.1, -0.05) is 48.5 Å². The second-order valence-electron chi connectivity index (χ2n) is 5.64. The summed E-state index contributed by atoms with van der Waals surface area (Å²) in [4.78, 5) is 0. The molecule has 2 N–H and O–H groups in total. The van der Waals surface area contributed by atoms with E-state index in [-0.39, 0.29) is 6.04 Å². The summed E-state index contributed by atoms with van der Waals surface area (Å²) in [6.45, 7) is 2.17. The Morgan fingerprint density at radius 3 is 2.68 bits per heavy atom. The highest BCUT2D eigenvalue weighted by molar-refractivity contribution is 5.37. The topological polar surface area (TPSA) is 26.0 Å². The molecule has 2 unspecified atom stereocenters. The molecule has 0 amide bonds. The average molecular weight is 251 g/mol. The van der Waals surface area contributed by atoms with E-state index in [0.29, 0.717) is 5.92 Å². The summed E-state index contributed by atoms with van der Waals surface area (Å²) in [5.41, 5.74) is 12.2. The SMILES string of the molecule is Cc1ccccc1CC(N)C1CCc2ccccc21. The summed E-state index contributed by atoms with van der Waals surface area (Å²) in [6.07, 6.45) is 3.36. The fourth-order valence-corrected chi connectivity index (χ4v) is 3.27. The van der Waals surface area contributed by atoms with Crippen LogP contribution in [0, 0.1) is 6.92 Å². The zero-order chi connectivity index (χ0) is 13.2. The van der Waals surface area contributed by atoms with Crippen molar-refractivity contribution in [2.75, 3.05) is 0 Å². The van der Waals surface area contributed by atoms with Gasteiger partial charge in [0.15, 0.2) is 0 Å². The van der Waals surface area contributed by atoms with Gasteiger partial charge in [-0.3, -0.25) is 0 Å². The molecular weight excluding hydrogens is 230 g/mol. The highest BCUT2D eigenvalue weighted by atomic mass is 14.7. The Kier molecular flexibility index (Phi) is 3.39. The molecule has 0 radical (unpaired) electrons. The number of nitrogens with two attached hydrogens (primary N) is 1. The minimum Gasteiger partial charge on any atom is -0.327 e. The molecule has 0 saturated carbocycles. The van der Waals surface area contributed by atoms with Gasteiger partial charge in [-0.05, 0) is 54.4 Å². The number of hydrogen-bond acceptors (Lipinski definition) is 1. The van der Waals surface area contributed by atoms with Crippen LogP contribution in [0.25, 0.3) is 0 Å². The van der Waals surface area contributed by atoms with Gasteiger partial charge in [-0.15, -0.1) is 0 Å². The molecule has 1 heteroatoms. The van der Waals surface area contributed by atoms with Crippen LogP contribution in [-0.4, -0.2) is 6.04 Å². The molecule has 0 saturated heterocycles. The van der Waals surface area contributed by atoms with Crippen molar-refractivity contribution in [3.63, 3.8) is 0 Å². The van der Waals surface area contributed by atoms with E-state index < -0.39 is 0 Å². The fraction of sp³-hybridized carbons (Fsp3) is 0.333. The summed E-state index contributed by atoms with van der Waals surface area (Å²) in [7, 11) is 0. The van der Waals surface area contributed by atoms with E-state index in [1.165, 1.54) is 35.1 Å². The van der Waals surface area contributed by atoms with Gasteiger partial charge in [-0.2, -0.15) is 0 Å². The lowest BCUT2D eigenvalue weighted by atomic mass is 9.88. The van der Waals surface area contributed by atoms with Crippen molar-refractivity contribution in [3.8, 4) is 0 Å². The third-order valence-electron chi connectivity index (χ3n) is 4.41. The van der Waals surface area contributed by atoms with E-state index in [1.807, 2.05) is 0 Å². The van der Waals surface area contributed by atoms with E-state index >= 15 is 0 Å². The van der Waals surface area contributed by atoms with Crippen LogP contribution in [0.5, 0.6) is 0 Å². The molecule has 1 aliphatic carbocycles. The molecule has 3 rings (SSSR count). The first kappa shape index (κ1) is 12.4. The molecule has 2 aromatic rings. The first-order valence-electron chi connectivity index (χ1n) is 7.13. The minimum atomic E-state index is 0.227. The minimum absolute atomic E-state index is 0.227. The molecule has 1 nitrogen and oxygen atoms in total. The monoisotopic (exact) mass is 251 g/mol. The van der Waals surface area contributed by atoms with Gasteiger partial charge in [0.2, 0.25) is 0 Å². The number of fused-ring (bicyclic) bond motifs is 1. The quantitative estimate of drug-likeness (QED) is 0.886. The molecule has 2 aromatic carbocycles. The van der Waals surface area contributed by atoms with Gasteiger partial charge >= 0.3 is 0 Å². The first-order valence-corrected chi connectivity index (χ1v) is 7.13. The maximum absolute atomic E-state index is 6.49. The van der Waals surface area contributed by atoms with Crippen molar-refractivity contribution < 1.29 is 0 Å². The van der Waals surface area contributed by atoms with Crippen LogP contribution in [0.2, 0.25) is 0 Å². The third-order valence-corrected chi connectivity index (χ3v) is 4.41. The highest BCUT2D eigenvalue weighted by Gasteiger charge is 2.27. The van der Waals surface area contributed by atoms with Gasteiger partial charge in [0.25, 0.3) is 0 Å². The van der Waals surface area contributed by atoms with Crippen molar-refractivity contribution in [1.82, 2.24) is 0 Å². The molecule has 0 aromatic heterocycles. The smallest absolute Gasteiger partial charge is 0.0149 e. The largest absolute Gasteiger partial charge is 0.327 e. The van der Waals surface area contributed by atoms with Crippen molar-refractivity contribution >= 4 is 0 Å². The molecule has 0 spiro atoms. The van der Waals surface area contributed by atoms with Crippen molar-refractivity contribution in [2.24, 2.45) is 5.73 Å². The van der Waals surface area contributed by atoms with Crippen LogP contribution in [0.4, 0.5) is 0 Å². The van der Waals surface area contributed by atoms with Crippen LogP contribution in [0.1, 0.15) is 34.6 Å². The van der Waals surface area contributed by atoms with E-state index in [1.54, 1.807) is 0 Å². The summed E-state index contributed by atoms with van der Waals surface area (Å²) in [6, 6.07) is 17.6. The molecule has 19 heavy (non-hydrogen) atoms. The zero-order valence-corrected chi connectivity index (χ0v) is 11.5. The van der Waals surface area contributed by atoms with Gasteiger partial charge in [-0.25, -0.2) is 0 Å². The Bertz CT molecular complexity index is 573. The molecule has 98 valence electrons. The lowest BCUT2D eigenvalue weighted by molar-refractivity contribution is 0.524. The summed E-state index contributed by atoms with van der Waals surface area (Å²) < 4.78 is 0. The van der Waals surface area contributed by atoms with Crippen molar-refractivity contribution in [3.05, 3.63) is 70.8 Å². The van der Waals surface area contributed by atoms with Crippen molar-refractivity contribution in [2.45, 2.75) is 38.1 Å². The normalized spacial score (nSPS) is 19.2. The van der Waals surface area contributed by atoms with Crippen LogP contribution < -0.4 is 5.73 Å². The molecule has 0 bridgehead atoms. The highest BCUT2D eigenvalue weighted by Crippen LogP contribution is 2.35. The van der Waals surface area contributed by atoms with Gasteiger partial charge < -0.3 is 5.73 Å². The molecule has 0 fully saturated rings. The Labute approximate surface area is 115 Å². The van der Waals surface area contributed by atoms with E-state index in [2.05, 4.69) is 55.5 Å². The van der Waals surface area contributed by atoms with Crippen LogP contribution in [0.15, 0.2) is 48.5 Å². The van der Waals surface area contributed by atoms with E-state index in [0.717, 1.165) is 6.42 Å². The fourth-order valence-electron chi connectivity index (χ4n) is 3.27. The molecule has 0 aliphatic heterocycles. The maximum atomic E-state index is 6.49. The maximum Gasteiger partial charge on any atom is 0.0149 e. The average Bonchev–Trinajstić information content (AvgIpc) is 2.85. The molecule has 0 heterocycles. The Balaban J connectivity index is 1.79. The van der Waals surface area contributed by atoms with E-state index in [9.17, 15) is 0 Å². The second kappa shape index (κ2) is 5.18. The van der Waals surface area contributed by atoms with Gasteiger partial charge in [0, 0.05) is 6.04 Å². The Hall–Kier alpha value is -1.60. The standard InChI is InChI=1S/C18H21N/c1-13-6-2-3-8-15(13)12-18(19)17-11-10-14-7-4-5-9-16(14)17/h2-9,17-18H,10-12,19H2,1H3. The summed E-state index contributed by atoms with van der Waals surface area (Å²) in [5, 5.41) is 0. The van der Waals surface area contributed by atoms with Crippen LogP contribution in [-0.2, 0) is 12.8 Å². The number of aryl methyl sites for hydroxylation is 2. The molecular formula is C18H21N. The summed E-state index contributed by atoms with van der Waals surface area (Å²) >= 11 is 0. The Morgan fingerprint density at radius 2 is 1.84 bits per heavy atom. The predicted molar refractivity (Wildman–Crippen MR) is 80.4 cm³/mol.